The van der Waals surface area contributed by atoms with Crippen LogP contribution in [0.4, 0.5) is 0 Å². The number of carbonyl (C=O) groups excluding carboxylic acids is 1. The van der Waals surface area contributed by atoms with E-state index in [0.717, 1.165) is 30.4 Å². The highest BCUT2D eigenvalue weighted by atomic mass is 35.5. The lowest BCUT2D eigenvalue weighted by molar-refractivity contribution is -0.129. The van der Waals surface area contributed by atoms with Crippen molar-refractivity contribution in [3.63, 3.8) is 0 Å². The summed E-state index contributed by atoms with van der Waals surface area (Å²) >= 11 is 5.94. The minimum absolute atomic E-state index is 0.0543. The summed E-state index contributed by atoms with van der Waals surface area (Å²) in [6.07, 6.45) is 4.55. The molecule has 0 aliphatic heterocycles. The summed E-state index contributed by atoms with van der Waals surface area (Å²) in [4.78, 5) is 16.9. The maximum atomic E-state index is 12.7. The lowest BCUT2D eigenvalue weighted by Gasteiger charge is -2.40. The first-order chi connectivity index (χ1) is 10.6. The van der Waals surface area contributed by atoms with Gasteiger partial charge in [0.25, 0.3) is 0 Å². The molecule has 1 fully saturated rings. The topological polar surface area (TPSA) is 39.2 Å². The Bertz CT molecular complexity index is 660. The van der Waals surface area contributed by atoms with Gasteiger partial charge in [0.05, 0.1) is 5.41 Å². The second kappa shape index (κ2) is 6.09. The quantitative estimate of drug-likeness (QED) is 0.833. The molecule has 0 saturated heterocycles. The van der Waals surface area contributed by atoms with Crippen LogP contribution in [0.3, 0.4) is 0 Å². The number of pyridine rings is 1. The van der Waals surface area contributed by atoms with Crippen LogP contribution in [0.15, 0.2) is 42.6 Å². The van der Waals surface area contributed by atoms with Gasteiger partial charge in [0.15, 0.2) is 5.78 Å². The van der Waals surface area contributed by atoms with Gasteiger partial charge in [-0.25, -0.2) is 4.98 Å². The zero-order chi connectivity index (χ0) is 15.6. The standard InChI is InChI=1S/C18H18ClNO2/c1-13-3-8-17(20-11-13)22-12-16(21)18(9-2-10-18)14-4-6-15(19)7-5-14/h3-8,11H,2,9-10,12H2,1H3. The third-order valence-corrected chi connectivity index (χ3v) is 4.63. The first-order valence-electron chi connectivity index (χ1n) is 7.45. The van der Waals surface area contributed by atoms with Crippen LogP contribution in [0, 0.1) is 6.92 Å². The molecule has 22 heavy (non-hydrogen) atoms. The molecular weight excluding hydrogens is 298 g/mol. The van der Waals surface area contributed by atoms with E-state index in [2.05, 4.69) is 4.98 Å². The summed E-state index contributed by atoms with van der Waals surface area (Å²) in [5.41, 5.74) is 1.69. The molecule has 1 aliphatic carbocycles. The van der Waals surface area contributed by atoms with E-state index in [-0.39, 0.29) is 12.4 Å². The molecule has 0 N–H and O–H groups in total. The number of halogens is 1. The van der Waals surface area contributed by atoms with E-state index in [9.17, 15) is 4.79 Å². The minimum Gasteiger partial charge on any atom is -0.470 e. The normalized spacial score (nSPS) is 15.9. The Labute approximate surface area is 135 Å². The van der Waals surface area contributed by atoms with Crippen molar-refractivity contribution in [1.82, 2.24) is 4.98 Å². The number of ketones is 1. The van der Waals surface area contributed by atoms with E-state index >= 15 is 0 Å². The van der Waals surface area contributed by atoms with Crippen LogP contribution in [0.2, 0.25) is 5.02 Å². The first kappa shape index (κ1) is 15.0. The highest BCUT2D eigenvalue weighted by molar-refractivity contribution is 6.30. The number of hydrogen-bond acceptors (Lipinski definition) is 3. The number of rotatable bonds is 5. The summed E-state index contributed by atoms with van der Waals surface area (Å²) in [5, 5.41) is 0.686. The van der Waals surface area contributed by atoms with Crippen molar-refractivity contribution in [1.29, 1.82) is 0 Å². The fourth-order valence-electron chi connectivity index (χ4n) is 2.85. The van der Waals surface area contributed by atoms with E-state index < -0.39 is 5.41 Å². The van der Waals surface area contributed by atoms with Gasteiger partial charge in [-0.05, 0) is 43.0 Å². The number of carbonyl (C=O) groups is 1. The van der Waals surface area contributed by atoms with Crippen LogP contribution in [0.5, 0.6) is 5.88 Å². The van der Waals surface area contributed by atoms with Crippen molar-refractivity contribution in [2.24, 2.45) is 0 Å². The molecule has 1 aromatic heterocycles. The van der Waals surface area contributed by atoms with Crippen molar-refractivity contribution in [3.05, 3.63) is 58.7 Å². The number of hydrogen-bond donors (Lipinski definition) is 0. The van der Waals surface area contributed by atoms with Crippen LogP contribution < -0.4 is 4.74 Å². The van der Waals surface area contributed by atoms with Gasteiger partial charge in [0.1, 0.15) is 6.61 Å². The summed E-state index contributed by atoms with van der Waals surface area (Å²) in [6.45, 7) is 2.02. The van der Waals surface area contributed by atoms with Gasteiger partial charge in [-0.15, -0.1) is 0 Å². The summed E-state index contributed by atoms with van der Waals surface area (Å²) < 4.78 is 5.56. The van der Waals surface area contributed by atoms with E-state index in [0.29, 0.717) is 10.9 Å². The second-order valence-corrected chi connectivity index (χ2v) is 6.26. The number of ether oxygens (including phenoxy) is 1. The summed E-state index contributed by atoms with van der Waals surface area (Å²) in [5.74, 6) is 0.605. The molecule has 4 heteroatoms. The van der Waals surface area contributed by atoms with Gasteiger partial charge >= 0.3 is 0 Å². The third kappa shape index (κ3) is 2.86. The van der Waals surface area contributed by atoms with Crippen LogP contribution >= 0.6 is 11.6 Å². The minimum atomic E-state index is -0.407. The number of Topliss-reactive ketones (excluding diaryl/α,β-unsaturated/α-hetero) is 1. The average Bonchev–Trinajstić information content (AvgIpc) is 2.47. The van der Waals surface area contributed by atoms with E-state index in [1.165, 1.54) is 0 Å². The molecule has 1 aliphatic rings. The number of nitrogens with zero attached hydrogens (tertiary/aromatic N) is 1. The molecule has 1 saturated carbocycles. The molecule has 3 rings (SSSR count). The molecular formula is C18H18ClNO2. The van der Waals surface area contributed by atoms with Crippen molar-refractivity contribution < 1.29 is 9.53 Å². The predicted octanol–water partition coefficient (Wildman–Crippen LogP) is 4.11. The molecule has 0 radical (unpaired) electrons. The highest BCUT2D eigenvalue weighted by Crippen LogP contribution is 2.44. The van der Waals surface area contributed by atoms with Crippen molar-refractivity contribution in [2.45, 2.75) is 31.6 Å². The Kier molecular flexibility index (Phi) is 4.16. The maximum Gasteiger partial charge on any atom is 0.213 e. The summed E-state index contributed by atoms with van der Waals surface area (Å²) in [7, 11) is 0. The smallest absolute Gasteiger partial charge is 0.213 e. The molecule has 1 heterocycles. The fourth-order valence-corrected chi connectivity index (χ4v) is 2.97. The van der Waals surface area contributed by atoms with Crippen molar-refractivity contribution in [2.75, 3.05) is 6.61 Å². The number of aromatic nitrogens is 1. The first-order valence-corrected chi connectivity index (χ1v) is 7.83. The number of aryl methyl sites for hydroxylation is 1. The van der Waals surface area contributed by atoms with Gasteiger partial charge in [0, 0.05) is 17.3 Å². The average molecular weight is 316 g/mol. The van der Waals surface area contributed by atoms with Crippen molar-refractivity contribution >= 4 is 17.4 Å². The van der Waals surface area contributed by atoms with Crippen LogP contribution in [-0.2, 0) is 10.2 Å². The Morgan fingerprint density at radius 1 is 1.23 bits per heavy atom. The zero-order valence-electron chi connectivity index (χ0n) is 12.5. The monoisotopic (exact) mass is 315 g/mol. The summed E-state index contributed by atoms with van der Waals surface area (Å²) in [6, 6.07) is 11.3. The SMILES string of the molecule is Cc1ccc(OCC(=O)C2(c3ccc(Cl)cc3)CCC2)nc1. The largest absolute Gasteiger partial charge is 0.470 e. The van der Waals surface area contributed by atoms with E-state index in [1.54, 1.807) is 12.3 Å². The third-order valence-electron chi connectivity index (χ3n) is 4.37. The zero-order valence-corrected chi connectivity index (χ0v) is 13.3. The molecule has 1 aromatic carbocycles. The van der Waals surface area contributed by atoms with Gasteiger partial charge < -0.3 is 4.74 Å². The molecule has 2 aromatic rings. The molecule has 0 amide bonds. The van der Waals surface area contributed by atoms with Gasteiger partial charge in [-0.3, -0.25) is 4.79 Å². The lowest BCUT2D eigenvalue weighted by atomic mass is 9.62. The van der Waals surface area contributed by atoms with Crippen LogP contribution in [0.1, 0.15) is 30.4 Å². The second-order valence-electron chi connectivity index (χ2n) is 5.83. The molecule has 0 unspecified atom stereocenters. The number of benzene rings is 1. The molecule has 114 valence electrons. The van der Waals surface area contributed by atoms with Gasteiger partial charge in [-0.1, -0.05) is 36.2 Å². The molecule has 0 atom stereocenters. The Hall–Kier alpha value is -1.87. The molecule has 0 bridgehead atoms. The lowest BCUT2D eigenvalue weighted by Crippen LogP contribution is -2.45. The van der Waals surface area contributed by atoms with Gasteiger partial charge in [-0.2, -0.15) is 0 Å². The molecule has 3 nitrogen and oxygen atoms in total. The fraction of sp³-hybridized carbons (Fsp3) is 0.333. The van der Waals surface area contributed by atoms with Crippen LogP contribution in [0.25, 0.3) is 0 Å². The highest BCUT2D eigenvalue weighted by Gasteiger charge is 2.45. The maximum absolute atomic E-state index is 12.7. The Morgan fingerprint density at radius 3 is 2.50 bits per heavy atom. The Morgan fingerprint density at radius 2 is 1.95 bits per heavy atom. The Balaban J connectivity index is 1.71. The predicted molar refractivity (Wildman–Crippen MR) is 86.5 cm³/mol. The van der Waals surface area contributed by atoms with Crippen molar-refractivity contribution in [3.8, 4) is 5.88 Å². The molecule has 0 spiro atoms. The van der Waals surface area contributed by atoms with Crippen LogP contribution in [-0.4, -0.2) is 17.4 Å². The van der Waals surface area contributed by atoms with E-state index in [4.69, 9.17) is 16.3 Å². The van der Waals surface area contributed by atoms with Gasteiger partial charge in [0.2, 0.25) is 5.88 Å². The van der Waals surface area contributed by atoms with E-state index in [1.807, 2.05) is 37.3 Å².